The van der Waals surface area contributed by atoms with E-state index in [1.165, 1.54) is 15.5 Å². The minimum absolute atomic E-state index is 0.0563. The Morgan fingerprint density at radius 3 is 2.42 bits per heavy atom. The van der Waals surface area contributed by atoms with Crippen LogP contribution in [0.25, 0.3) is 0 Å². The molecule has 1 amide bonds. The van der Waals surface area contributed by atoms with Crippen molar-refractivity contribution in [2.24, 2.45) is 0 Å². The van der Waals surface area contributed by atoms with Crippen molar-refractivity contribution in [2.75, 3.05) is 70.5 Å². The second-order valence-corrected chi connectivity index (χ2v) is 8.13. The molecule has 144 valence electrons. The van der Waals surface area contributed by atoms with Crippen LogP contribution in [0.5, 0.6) is 0 Å². The van der Waals surface area contributed by atoms with Crippen molar-refractivity contribution in [1.82, 2.24) is 5.32 Å². The van der Waals surface area contributed by atoms with Crippen molar-refractivity contribution in [3.63, 3.8) is 0 Å². The highest BCUT2D eigenvalue weighted by Gasteiger charge is 2.33. The standard InChI is InChI=1S/C20H32N4O2/c1-20(2,24-12-14-26-15-13-24)17-21-19(25)16-22-8-10-23(11-9-22)18-6-4-3-5-7-18/h3-7H,8-17H2,1-2H3,(H,21,25)/p+2. The number of carbonyl (C=O) groups excluding carboxylic acids is 1. The van der Waals surface area contributed by atoms with Crippen LogP contribution in [0.3, 0.4) is 0 Å². The molecule has 3 rings (SSSR count). The molecule has 0 aliphatic carbocycles. The van der Waals surface area contributed by atoms with Crippen molar-refractivity contribution >= 4 is 11.6 Å². The molecule has 0 unspecified atom stereocenters. The number of nitrogens with one attached hydrogen (secondary N) is 3. The van der Waals surface area contributed by atoms with Gasteiger partial charge in [-0.05, 0) is 26.0 Å². The van der Waals surface area contributed by atoms with Gasteiger partial charge in [0.2, 0.25) is 0 Å². The highest BCUT2D eigenvalue weighted by atomic mass is 16.5. The number of nitrogens with zero attached hydrogens (tertiary/aromatic N) is 1. The summed E-state index contributed by atoms with van der Waals surface area (Å²) in [6.45, 7) is 13.5. The van der Waals surface area contributed by atoms with Gasteiger partial charge in [-0.15, -0.1) is 0 Å². The molecule has 2 heterocycles. The van der Waals surface area contributed by atoms with E-state index in [1.807, 2.05) is 0 Å². The fourth-order valence-electron chi connectivity index (χ4n) is 3.93. The van der Waals surface area contributed by atoms with Crippen molar-refractivity contribution < 1.29 is 19.3 Å². The lowest BCUT2D eigenvalue weighted by Crippen LogP contribution is -3.22. The number of para-hydroxylation sites is 1. The second kappa shape index (κ2) is 8.84. The number of quaternary nitrogens is 2. The van der Waals surface area contributed by atoms with E-state index < -0.39 is 0 Å². The Morgan fingerprint density at radius 2 is 1.77 bits per heavy atom. The number of ether oxygens (including phenoxy) is 1. The van der Waals surface area contributed by atoms with E-state index in [1.54, 1.807) is 0 Å². The molecule has 2 saturated heterocycles. The van der Waals surface area contributed by atoms with E-state index in [4.69, 9.17) is 4.74 Å². The van der Waals surface area contributed by atoms with Gasteiger partial charge < -0.3 is 24.8 Å². The largest absolute Gasteiger partial charge is 0.370 e. The number of carbonyl (C=O) groups is 1. The summed E-state index contributed by atoms with van der Waals surface area (Å²) in [5.74, 6) is 0.175. The smallest absolute Gasteiger partial charge is 0.275 e. The summed E-state index contributed by atoms with van der Waals surface area (Å²) in [5, 5.41) is 3.18. The maximum atomic E-state index is 12.4. The van der Waals surface area contributed by atoms with Gasteiger partial charge >= 0.3 is 0 Å². The highest BCUT2D eigenvalue weighted by Crippen LogP contribution is 2.12. The molecule has 0 atom stereocenters. The molecule has 0 bridgehead atoms. The number of piperazine rings is 1. The Kier molecular flexibility index (Phi) is 6.51. The maximum absolute atomic E-state index is 12.4. The third kappa shape index (κ3) is 5.19. The molecule has 2 aliphatic heterocycles. The first-order valence-electron chi connectivity index (χ1n) is 9.88. The summed E-state index contributed by atoms with van der Waals surface area (Å²) in [5.41, 5.74) is 1.34. The molecule has 0 radical (unpaired) electrons. The number of hydrogen-bond acceptors (Lipinski definition) is 3. The molecule has 1 aromatic carbocycles. The van der Waals surface area contributed by atoms with Crippen molar-refractivity contribution in [1.29, 1.82) is 0 Å². The Bertz CT molecular complexity index is 564. The topological polar surface area (TPSA) is 50.5 Å². The first-order valence-corrected chi connectivity index (χ1v) is 9.88. The monoisotopic (exact) mass is 362 g/mol. The van der Waals surface area contributed by atoms with Crippen LogP contribution in [-0.4, -0.2) is 77.0 Å². The van der Waals surface area contributed by atoms with Crippen LogP contribution in [-0.2, 0) is 9.53 Å². The third-order valence-corrected chi connectivity index (χ3v) is 5.78. The van der Waals surface area contributed by atoms with E-state index in [-0.39, 0.29) is 11.4 Å². The molecular formula is C20H34N4O2+2. The van der Waals surface area contributed by atoms with Gasteiger partial charge in [0, 0.05) is 5.69 Å². The van der Waals surface area contributed by atoms with E-state index in [0.29, 0.717) is 6.54 Å². The molecule has 2 fully saturated rings. The first kappa shape index (κ1) is 19.1. The third-order valence-electron chi connectivity index (χ3n) is 5.78. The van der Waals surface area contributed by atoms with Crippen LogP contribution in [0.4, 0.5) is 5.69 Å². The summed E-state index contributed by atoms with van der Waals surface area (Å²) in [6, 6.07) is 10.5. The predicted molar refractivity (Wildman–Crippen MR) is 103 cm³/mol. The number of rotatable bonds is 6. The van der Waals surface area contributed by atoms with Gasteiger partial charge in [-0.1, -0.05) is 18.2 Å². The lowest BCUT2D eigenvalue weighted by atomic mass is 10.0. The van der Waals surface area contributed by atoms with Crippen LogP contribution in [0.2, 0.25) is 0 Å². The SMILES string of the molecule is CC(C)(CNC(=O)C[NH+]1CCN(c2ccccc2)CC1)[NH+]1CCOCC1. The molecule has 2 aliphatic rings. The lowest BCUT2D eigenvalue weighted by molar-refractivity contribution is -0.954. The van der Waals surface area contributed by atoms with Crippen LogP contribution in [0.1, 0.15) is 13.8 Å². The zero-order valence-electron chi connectivity index (χ0n) is 16.2. The summed E-state index contributed by atoms with van der Waals surface area (Å²) < 4.78 is 5.45. The van der Waals surface area contributed by atoms with Crippen LogP contribution in [0, 0.1) is 0 Å². The number of morpholine rings is 1. The average molecular weight is 363 g/mol. The minimum atomic E-state index is 0.0563. The molecule has 3 N–H and O–H groups in total. The van der Waals surface area contributed by atoms with E-state index >= 15 is 0 Å². The fourth-order valence-corrected chi connectivity index (χ4v) is 3.93. The maximum Gasteiger partial charge on any atom is 0.275 e. The number of hydrogen-bond donors (Lipinski definition) is 3. The highest BCUT2D eigenvalue weighted by molar-refractivity contribution is 5.76. The van der Waals surface area contributed by atoms with Gasteiger partial charge in [0.15, 0.2) is 6.54 Å². The predicted octanol–water partition coefficient (Wildman–Crippen LogP) is -1.80. The van der Waals surface area contributed by atoms with E-state index in [2.05, 4.69) is 54.4 Å². The van der Waals surface area contributed by atoms with Gasteiger partial charge in [-0.2, -0.15) is 0 Å². The first-order chi connectivity index (χ1) is 12.5. The second-order valence-electron chi connectivity index (χ2n) is 8.13. The zero-order valence-corrected chi connectivity index (χ0v) is 16.2. The summed E-state index contributed by atoms with van der Waals surface area (Å²) in [4.78, 5) is 17.7. The fraction of sp³-hybridized carbons (Fsp3) is 0.650. The molecule has 1 aromatic rings. The average Bonchev–Trinajstić information content (AvgIpc) is 2.68. The van der Waals surface area contributed by atoms with Crippen molar-refractivity contribution in [3.8, 4) is 0 Å². The van der Waals surface area contributed by atoms with Gasteiger partial charge in [0.1, 0.15) is 18.6 Å². The number of amides is 1. The molecule has 6 nitrogen and oxygen atoms in total. The molecule has 0 aromatic heterocycles. The molecular weight excluding hydrogens is 328 g/mol. The minimum Gasteiger partial charge on any atom is -0.370 e. The summed E-state index contributed by atoms with van der Waals surface area (Å²) in [6.07, 6.45) is 0. The van der Waals surface area contributed by atoms with E-state index in [0.717, 1.165) is 59.0 Å². The van der Waals surface area contributed by atoms with Crippen LogP contribution in [0.15, 0.2) is 30.3 Å². The lowest BCUT2D eigenvalue weighted by Gasteiger charge is -2.38. The number of anilines is 1. The van der Waals surface area contributed by atoms with E-state index in [9.17, 15) is 4.79 Å². The zero-order chi connectivity index (χ0) is 18.4. The Hall–Kier alpha value is -1.63. The summed E-state index contributed by atoms with van der Waals surface area (Å²) >= 11 is 0. The van der Waals surface area contributed by atoms with Crippen LogP contribution >= 0.6 is 0 Å². The Balaban J connectivity index is 1.39. The van der Waals surface area contributed by atoms with Crippen molar-refractivity contribution in [3.05, 3.63) is 30.3 Å². The molecule has 6 heteroatoms. The van der Waals surface area contributed by atoms with Gasteiger partial charge in [-0.3, -0.25) is 4.79 Å². The van der Waals surface area contributed by atoms with Gasteiger partial charge in [0.25, 0.3) is 5.91 Å². The van der Waals surface area contributed by atoms with Gasteiger partial charge in [0.05, 0.1) is 45.9 Å². The molecule has 0 saturated carbocycles. The molecule has 26 heavy (non-hydrogen) atoms. The number of benzene rings is 1. The van der Waals surface area contributed by atoms with Gasteiger partial charge in [-0.25, -0.2) is 0 Å². The normalized spacial score (nSPS) is 20.2. The summed E-state index contributed by atoms with van der Waals surface area (Å²) in [7, 11) is 0. The quantitative estimate of drug-likeness (QED) is 0.560. The van der Waals surface area contributed by atoms with Crippen LogP contribution < -0.4 is 20.0 Å². The molecule has 0 spiro atoms. The van der Waals surface area contributed by atoms with Crippen molar-refractivity contribution in [2.45, 2.75) is 19.4 Å². The Labute approximate surface area is 157 Å². The Morgan fingerprint density at radius 1 is 1.12 bits per heavy atom.